The molecule has 0 unspecified atom stereocenters. The highest BCUT2D eigenvalue weighted by molar-refractivity contribution is 8.30. The van der Waals surface area contributed by atoms with Crippen molar-refractivity contribution < 1.29 is 9.08 Å². The summed E-state index contributed by atoms with van der Waals surface area (Å²) >= 11 is 0. The minimum absolute atomic E-state index is 0.295. The molecule has 3 aromatic rings. The fraction of sp³-hybridized carbons (Fsp3) is 0.333. The molecule has 10 heteroatoms. The van der Waals surface area contributed by atoms with Gasteiger partial charge < -0.3 is 25.6 Å². The summed E-state index contributed by atoms with van der Waals surface area (Å²) in [6.07, 6.45) is 1.49. The zero-order valence-corrected chi connectivity index (χ0v) is 22.3. The first-order valence-corrected chi connectivity index (χ1v) is 14.3. The van der Waals surface area contributed by atoms with Crippen molar-refractivity contribution in [3.8, 4) is 0 Å². The monoisotopic (exact) mass is 522 g/mol. The van der Waals surface area contributed by atoms with Crippen LogP contribution in [0.25, 0.3) is 0 Å². The van der Waals surface area contributed by atoms with Crippen molar-refractivity contribution >= 4 is 39.1 Å². The van der Waals surface area contributed by atoms with Gasteiger partial charge in [-0.1, -0.05) is 48.4 Å². The third-order valence-corrected chi connectivity index (χ3v) is 10.7. The van der Waals surface area contributed by atoms with E-state index >= 15 is 0 Å². The van der Waals surface area contributed by atoms with Gasteiger partial charge in [0.25, 0.3) is 5.91 Å². The fourth-order valence-electron chi connectivity index (χ4n) is 4.46. The normalized spacial score (nSPS) is 15.6. The number of pyridine rings is 1. The third kappa shape index (κ3) is 6.14. The number of rotatable bonds is 10. The third-order valence-electron chi connectivity index (χ3n) is 6.86. The van der Waals surface area contributed by atoms with E-state index in [9.17, 15) is 9.70 Å². The molecule has 1 aliphatic heterocycles. The Labute approximate surface area is 219 Å². The lowest BCUT2D eigenvalue weighted by atomic mass is 10.1. The molecule has 196 valence electrons. The molecule has 1 fully saturated rings. The molecule has 1 aromatic heterocycles. The van der Waals surface area contributed by atoms with Crippen molar-refractivity contribution in [3.05, 3.63) is 82.4 Å². The molecule has 2 heterocycles. The van der Waals surface area contributed by atoms with Crippen LogP contribution in [-0.2, 0) is 10.8 Å². The molecule has 0 aliphatic carbocycles. The Bertz CT molecular complexity index is 1240. The molecular formula is C27H34N6O3S. The number of benzene rings is 2. The summed E-state index contributed by atoms with van der Waals surface area (Å²) in [5.74, 6) is 1.72. The lowest BCUT2D eigenvalue weighted by molar-refractivity contribution is 0.100. The van der Waals surface area contributed by atoms with Gasteiger partial charge in [-0.05, 0) is 42.3 Å². The summed E-state index contributed by atoms with van der Waals surface area (Å²) < 4.78 is 5.36. The van der Waals surface area contributed by atoms with E-state index < -0.39 is 16.2 Å². The second-order valence-electron chi connectivity index (χ2n) is 9.39. The average molecular weight is 523 g/mol. The fourth-order valence-corrected chi connectivity index (χ4v) is 7.11. The van der Waals surface area contributed by atoms with Gasteiger partial charge in [-0.3, -0.25) is 4.79 Å². The number of amides is 1. The SMILES string of the molecule is Cc1ccccc1CNc1cc(Nc2ccc(N3CCS(ON=O)(C(C)C)CC3)cc2)ncc1C(N)=O. The summed E-state index contributed by atoms with van der Waals surface area (Å²) in [6.45, 7) is 8.46. The molecule has 0 radical (unpaired) electrons. The van der Waals surface area contributed by atoms with Crippen LogP contribution in [0.1, 0.15) is 35.3 Å². The lowest BCUT2D eigenvalue weighted by Gasteiger charge is -2.46. The highest BCUT2D eigenvalue weighted by atomic mass is 32.3. The predicted octanol–water partition coefficient (Wildman–Crippen LogP) is 5.49. The van der Waals surface area contributed by atoms with Gasteiger partial charge in [-0.25, -0.2) is 4.98 Å². The number of nitrogens with one attached hydrogen (secondary N) is 2. The molecule has 2 aromatic carbocycles. The van der Waals surface area contributed by atoms with Crippen molar-refractivity contribution in [2.24, 2.45) is 11.1 Å². The van der Waals surface area contributed by atoms with Crippen molar-refractivity contribution in [2.45, 2.75) is 32.6 Å². The quantitative estimate of drug-likeness (QED) is 0.238. The Morgan fingerprint density at radius 2 is 1.86 bits per heavy atom. The summed E-state index contributed by atoms with van der Waals surface area (Å²) in [4.78, 5) is 29.5. The Morgan fingerprint density at radius 1 is 1.16 bits per heavy atom. The Balaban J connectivity index is 1.43. The second-order valence-corrected chi connectivity index (χ2v) is 13.0. The van der Waals surface area contributed by atoms with Gasteiger partial charge in [0.1, 0.15) is 5.82 Å². The molecule has 0 bridgehead atoms. The maximum atomic E-state index is 12.0. The van der Waals surface area contributed by atoms with E-state index in [1.165, 1.54) is 11.8 Å². The standard InChI is InChI=1S/C27H34N6O3S/c1-19(2)37(36-32-35)14-12-33(13-15-37)23-10-8-22(9-11-23)31-26-16-25(24(18-30-26)27(28)34)29-17-21-7-5-4-6-20(21)3/h4-11,16,18-19H,12-15,17H2,1-3H3,(H2,28,34)(H2,29,30,31). The zero-order chi connectivity index (χ0) is 26.4. The minimum atomic E-state index is -1.47. The zero-order valence-electron chi connectivity index (χ0n) is 21.4. The maximum absolute atomic E-state index is 12.0. The van der Waals surface area contributed by atoms with Crippen molar-refractivity contribution in [1.82, 2.24) is 4.98 Å². The summed E-state index contributed by atoms with van der Waals surface area (Å²) in [6, 6.07) is 18.0. The summed E-state index contributed by atoms with van der Waals surface area (Å²) in [5.41, 5.74) is 10.8. The summed E-state index contributed by atoms with van der Waals surface area (Å²) in [7, 11) is -1.47. The molecule has 4 rings (SSSR count). The van der Waals surface area contributed by atoms with Crippen molar-refractivity contribution in [2.75, 3.05) is 40.1 Å². The van der Waals surface area contributed by atoms with Crippen LogP contribution in [0.15, 0.2) is 66.1 Å². The number of aryl methyl sites for hydroxylation is 1. The molecule has 0 spiro atoms. The van der Waals surface area contributed by atoms with Crippen LogP contribution in [0.3, 0.4) is 0 Å². The highest BCUT2D eigenvalue weighted by Crippen LogP contribution is 2.55. The molecule has 0 atom stereocenters. The van der Waals surface area contributed by atoms with E-state index in [0.717, 1.165) is 41.5 Å². The molecule has 1 amide bonds. The molecule has 4 N–H and O–H groups in total. The molecule has 1 aliphatic rings. The number of anilines is 4. The number of nitrogens with two attached hydrogens (primary N) is 1. The number of hydrogen-bond donors (Lipinski definition) is 3. The van der Waals surface area contributed by atoms with Crippen molar-refractivity contribution in [3.63, 3.8) is 0 Å². The van der Waals surface area contributed by atoms with Gasteiger partial charge in [0.15, 0.2) is 5.34 Å². The average Bonchev–Trinajstić information content (AvgIpc) is 2.89. The van der Waals surface area contributed by atoms with E-state index in [1.54, 1.807) is 6.07 Å². The first-order chi connectivity index (χ1) is 17.8. The van der Waals surface area contributed by atoms with Gasteiger partial charge in [0.05, 0.1) is 11.3 Å². The largest absolute Gasteiger partial charge is 0.380 e. The Hall–Kier alpha value is -3.79. The Kier molecular flexibility index (Phi) is 8.17. The van der Waals surface area contributed by atoms with Crippen molar-refractivity contribution in [1.29, 1.82) is 0 Å². The van der Waals surface area contributed by atoms with Gasteiger partial charge >= 0.3 is 0 Å². The van der Waals surface area contributed by atoms with Crippen LogP contribution in [0, 0.1) is 11.8 Å². The van der Waals surface area contributed by atoms with Gasteiger partial charge in [-0.15, -0.1) is 4.91 Å². The van der Waals surface area contributed by atoms with E-state index in [4.69, 9.17) is 10.0 Å². The number of aromatic nitrogens is 1. The topological polar surface area (TPSA) is 122 Å². The number of hydrogen-bond acceptors (Lipinski definition) is 8. The molecule has 37 heavy (non-hydrogen) atoms. The van der Waals surface area contributed by atoms with E-state index in [0.29, 0.717) is 28.9 Å². The minimum Gasteiger partial charge on any atom is -0.380 e. The van der Waals surface area contributed by atoms with E-state index in [-0.39, 0.29) is 0 Å². The van der Waals surface area contributed by atoms with Gasteiger partial charge in [0, 0.05) is 60.0 Å². The predicted molar refractivity (Wildman–Crippen MR) is 153 cm³/mol. The smallest absolute Gasteiger partial charge is 0.252 e. The van der Waals surface area contributed by atoms with Crippen LogP contribution in [0.2, 0.25) is 0 Å². The number of carbonyl (C=O) groups excluding carboxylic acids is 1. The van der Waals surface area contributed by atoms with Crippen LogP contribution in [0.4, 0.5) is 22.9 Å². The number of nitrogens with zero attached hydrogens (tertiary/aromatic N) is 3. The maximum Gasteiger partial charge on any atom is 0.252 e. The first kappa shape index (κ1) is 26.3. The second kappa shape index (κ2) is 11.5. The lowest BCUT2D eigenvalue weighted by Crippen LogP contribution is -2.41. The van der Waals surface area contributed by atoms with Crippen LogP contribution < -0.4 is 21.3 Å². The number of primary amides is 1. The van der Waals surface area contributed by atoms with E-state index in [1.807, 2.05) is 30.3 Å². The number of carbonyl (C=O) groups is 1. The molecular weight excluding hydrogens is 488 g/mol. The molecule has 0 saturated carbocycles. The van der Waals surface area contributed by atoms with E-state index in [2.05, 4.69) is 64.8 Å². The Morgan fingerprint density at radius 3 is 2.49 bits per heavy atom. The molecule has 9 nitrogen and oxygen atoms in total. The van der Waals surface area contributed by atoms with Gasteiger partial charge in [-0.2, -0.15) is 0 Å². The van der Waals surface area contributed by atoms with Crippen LogP contribution >= 0.6 is 10.3 Å². The van der Waals surface area contributed by atoms with Gasteiger partial charge in [0.2, 0.25) is 0 Å². The molecule has 1 saturated heterocycles. The highest BCUT2D eigenvalue weighted by Gasteiger charge is 2.35. The first-order valence-electron chi connectivity index (χ1n) is 12.3. The van der Waals surface area contributed by atoms with Crippen LogP contribution in [0.5, 0.6) is 0 Å². The summed E-state index contributed by atoms with van der Waals surface area (Å²) in [5, 5.41) is 9.71. The van der Waals surface area contributed by atoms with Crippen LogP contribution in [-0.4, -0.2) is 40.7 Å².